The second-order valence-corrected chi connectivity index (χ2v) is 2.95. The van der Waals surface area contributed by atoms with Crippen molar-refractivity contribution in [2.75, 3.05) is 6.61 Å². The van der Waals surface area contributed by atoms with Gasteiger partial charge in [0.05, 0.1) is 18.1 Å². The third kappa shape index (κ3) is 2.66. The first kappa shape index (κ1) is 11.5. The fourth-order valence-corrected chi connectivity index (χ4v) is 1.13. The maximum atomic E-state index is 11.3. The Morgan fingerprint density at radius 2 is 2.20 bits per heavy atom. The van der Waals surface area contributed by atoms with Gasteiger partial charge in [0.15, 0.2) is 0 Å². The summed E-state index contributed by atoms with van der Waals surface area (Å²) < 4.78 is 4.66. The summed E-state index contributed by atoms with van der Waals surface area (Å²) in [6, 6.07) is 1.13. The maximum absolute atomic E-state index is 11.3. The zero-order chi connectivity index (χ0) is 11.4. The van der Waals surface area contributed by atoms with Crippen LogP contribution in [0, 0.1) is 0 Å². The zero-order valence-electron chi connectivity index (χ0n) is 7.82. The van der Waals surface area contributed by atoms with Crippen LogP contribution < -0.4 is 5.11 Å². The maximum Gasteiger partial charge on any atom is 0.338 e. The highest BCUT2D eigenvalue weighted by Gasteiger charge is 2.14. The van der Waals surface area contributed by atoms with Gasteiger partial charge in [-0.05, 0) is 13.0 Å². The highest BCUT2D eigenvalue weighted by molar-refractivity contribution is 6.29. The summed E-state index contributed by atoms with van der Waals surface area (Å²) in [5.41, 5.74) is -0.491. The molecule has 0 aliphatic rings. The van der Waals surface area contributed by atoms with Gasteiger partial charge in [0, 0.05) is 11.8 Å². The lowest BCUT2D eigenvalue weighted by Gasteiger charge is -2.08. The van der Waals surface area contributed by atoms with E-state index in [0.717, 1.165) is 12.3 Å². The second-order valence-electron chi connectivity index (χ2n) is 2.56. The van der Waals surface area contributed by atoms with E-state index >= 15 is 0 Å². The molecule has 0 saturated carbocycles. The normalized spacial score (nSPS) is 9.73. The van der Waals surface area contributed by atoms with E-state index in [-0.39, 0.29) is 22.9 Å². The number of aromatic carboxylic acids is 1. The number of carbonyl (C=O) groups excluding carboxylic acids is 2. The van der Waals surface area contributed by atoms with E-state index < -0.39 is 11.9 Å². The number of halogens is 1. The minimum absolute atomic E-state index is 0.0167. The number of esters is 1. The van der Waals surface area contributed by atoms with Crippen molar-refractivity contribution in [3.8, 4) is 0 Å². The van der Waals surface area contributed by atoms with Crippen LogP contribution in [-0.2, 0) is 4.74 Å². The number of ether oxygens (including phenoxy) is 1. The van der Waals surface area contributed by atoms with E-state index in [4.69, 9.17) is 11.6 Å². The van der Waals surface area contributed by atoms with Crippen molar-refractivity contribution >= 4 is 23.5 Å². The van der Waals surface area contributed by atoms with E-state index in [1.54, 1.807) is 6.92 Å². The standard InChI is InChI=1S/C9H8ClNO4/c1-2-15-9(14)5-3-7(10)11-4-6(5)8(12)13/h3-4H,2H2,1H3,(H,12,13)/p-1. The molecule has 0 atom stereocenters. The van der Waals surface area contributed by atoms with E-state index in [1.807, 2.05) is 0 Å². The molecule has 0 radical (unpaired) electrons. The van der Waals surface area contributed by atoms with Gasteiger partial charge in [-0.1, -0.05) is 11.6 Å². The highest BCUT2D eigenvalue weighted by Crippen LogP contribution is 2.13. The Kier molecular flexibility index (Phi) is 3.62. The smallest absolute Gasteiger partial charge is 0.338 e. The Morgan fingerprint density at radius 3 is 2.73 bits per heavy atom. The van der Waals surface area contributed by atoms with Gasteiger partial charge >= 0.3 is 5.97 Å². The molecule has 0 saturated heterocycles. The first-order valence-electron chi connectivity index (χ1n) is 4.10. The first-order chi connectivity index (χ1) is 7.06. The van der Waals surface area contributed by atoms with Crippen LogP contribution in [0.4, 0.5) is 0 Å². The molecule has 0 bridgehead atoms. The lowest BCUT2D eigenvalue weighted by molar-refractivity contribution is -0.255. The van der Waals surface area contributed by atoms with Gasteiger partial charge in [-0.3, -0.25) is 0 Å². The lowest BCUT2D eigenvalue weighted by atomic mass is 10.1. The second kappa shape index (κ2) is 4.75. The van der Waals surface area contributed by atoms with Crippen molar-refractivity contribution in [2.45, 2.75) is 6.92 Å². The van der Waals surface area contributed by atoms with Gasteiger partial charge in [-0.2, -0.15) is 0 Å². The first-order valence-corrected chi connectivity index (χ1v) is 4.48. The molecule has 80 valence electrons. The SMILES string of the molecule is CCOC(=O)c1cc(Cl)ncc1C(=O)[O-]. The molecule has 0 N–H and O–H groups in total. The lowest BCUT2D eigenvalue weighted by Crippen LogP contribution is -2.25. The largest absolute Gasteiger partial charge is 0.545 e. The van der Waals surface area contributed by atoms with Crippen LogP contribution in [-0.4, -0.2) is 23.5 Å². The van der Waals surface area contributed by atoms with Crippen molar-refractivity contribution in [3.05, 3.63) is 28.5 Å². The predicted molar refractivity (Wildman–Crippen MR) is 49.5 cm³/mol. The van der Waals surface area contributed by atoms with Crippen molar-refractivity contribution in [3.63, 3.8) is 0 Å². The quantitative estimate of drug-likeness (QED) is 0.548. The van der Waals surface area contributed by atoms with E-state index in [0.29, 0.717) is 0 Å². The molecule has 0 aliphatic heterocycles. The fourth-order valence-electron chi connectivity index (χ4n) is 0.970. The van der Waals surface area contributed by atoms with Crippen molar-refractivity contribution in [1.82, 2.24) is 4.98 Å². The van der Waals surface area contributed by atoms with Crippen molar-refractivity contribution in [1.29, 1.82) is 0 Å². The number of rotatable bonds is 3. The molecule has 1 aromatic heterocycles. The molecule has 0 aromatic carbocycles. The van der Waals surface area contributed by atoms with Gasteiger partial charge in [-0.25, -0.2) is 9.78 Å². The van der Waals surface area contributed by atoms with Crippen molar-refractivity contribution in [2.24, 2.45) is 0 Å². The monoisotopic (exact) mass is 228 g/mol. The molecular formula is C9H7ClNO4-. The number of carboxylic acids is 1. The molecule has 1 rings (SSSR count). The van der Waals surface area contributed by atoms with E-state index in [1.165, 1.54) is 0 Å². The molecule has 1 heterocycles. The van der Waals surface area contributed by atoms with Gasteiger partial charge < -0.3 is 14.6 Å². The summed E-state index contributed by atoms with van der Waals surface area (Å²) in [4.78, 5) is 25.5. The third-order valence-electron chi connectivity index (χ3n) is 1.59. The Balaban J connectivity index is 3.18. The number of aromatic nitrogens is 1. The third-order valence-corrected chi connectivity index (χ3v) is 1.79. The molecule has 6 heteroatoms. The number of carbonyl (C=O) groups is 2. The summed E-state index contributed by atoms with van der Waals surface area (Å²) in [7, 11) is 0. The Hall–Kier alpha value is -1.62. The van der Waals surface area contributed by atoms with E-state index in [2.05, 4.69) is 9.72 Å². The molecule has 0 amide bonds. The summed E-state index contributed by atoms with van der Waals surface area (Å²) in [6.45, 7) is 1.75. The molecular weight excluding hydrogens is 222 g/mol. The molecule has 15 heavy (non-hydrogen) atoms. The molecule has 0 fully saturated rings. The Labute approximate surface area is 90.6 Å². The Bertz CT molecular complexity index is 405. The summed E-state index contributed by atoms with van der Waals surface area (Å²) >= 11 is 5.53. The number of nitrogens with zero attached hydrogens (tertiary/aromatic N) is 1. The summed E-state index contributed by atoms with van der Waals surface area (Å²) in [5.74, 6) is -2.26. The van der Waals surface area contributed by atoms with Crippen LogP contribution in [0.1, 0.15) is 27.6 Å². The predicted octanol–water partition coefficient (Wildman–Crippen LogP) is 0.275. The topological polar surface area (TPSA) is 79.3 Å². The van der Waals surface area contributed by atoms with Crippen LogP contribution in [0.3, 0.4) is 0 Å². The molecule has 1 aromatic rings. The van der Waals surface area contributed by atoms with Gasteiger partial charge in [0.2, 0.25) is 0 Å². The molecule has 0 unspecified atom stereocenters. The van der Waals surface area contributed by atoms with Gasteiger partial charge in [-0.15, -0.1) is 0 Å². The fraction of sp³-hybridized carbons (Fsp3) is 0.222. The van der Waals surface area contributed by atoms with E-state index in [9.17, 15) is 14.7 Å². The average Bonchev–Trinajstić information content (AvgIpc) is 2.17. The van der Waals surface area contributed by atoms with Gasteiger partial charge in [0.1, 0.15) is 5.15 Å². The number of hydrogen-bond acceptors (Lipinski definition) is 5. The molecule has 0 spiro atoms. The summed E-state index contributed by atoms with van der Waals surface area (Å²) in [5, 5.41) is 10.7. The van der Waals surface area contributed by atoms with Crippen LogP contribution >= 0.6 is 11.6 Å². The highest BCUT2D eigenvalue weighted by atomic mass is 35.5. The van der Waals surface area contributed by atoms with Crippen LogP contribution in [0.5, 0.6) is 0 Å². The Morgan fingerprint density at radius 1 is 1.53 bits per heavy atom. The van der Waals surface area contributed by atoms with Crippen molar-refractivity contribution < 1.29 is 19.4 Å². The number of pyridine rings is 1. The van der Waals surface area contributed by atoms with Crippen LogP contribution in [0.25, 0.3) is 0 Å². The van der Waals surface area contributed by atoms with Crippen LogP contribution in [0.15, 0.2) is 12.3 Å². The number of carboxylic acid groups (broad SMARTS) is 1. The molecule has 5 nitrogen and oxygen atoms in total. The van der Waals surface area contributed by atoms with Gasteiger partial charge in [0.25, 0.3) is 0 Å². The molecule has 0 aliphatic carbocycles. The minimum Gasteiger partial charge on any atom is -0.545 e. The average molecular weight is 229 g/mol. The van der Waals surface area contributed by atoms with Crippen LogP contribution in [0.2, 0.25) is 5.15 Å². The summed E-state index contributed by atoms with van der Waals surface area (Å²) in [6.07, 6.45) is 0.962. The number of hydrogen-bond donors (Lipinski definition) is 0. The minimum atomic E-state index is -1.50. The zero-order valence-corrected chi connectivity index (χ0v) is 8.58.